The zero-order chi connectivity index (χ0) is 38.5. The minimum absolute atomic E-state index is 0.0204. The Balaban J connectivity index is 0.000000521. The summed E-state index contributed by atoms with van der Waals surface area (Å²) in [6.45, 7) is 2.78. The second-order valence-electron chi connectivity index (χ2n) is 12.2. The first kappa shape index (κ1) is 42.1. The van der Waals surface area contributed by atoms with Crippen LogP contribution in [0.2, 0.25) is 0 Å². The number of alkyl halides is 6. The predicted molar refractivity (Wildman–Crippen MR) is 172 cm³/mol. The summed E-state index contributed by atoms with van der Waals surface area (Å²) in [6, 6.07) is 7.04. The van der Waals surface area contributed by atoms with Gasteiger partial charge >= 0.3 is 23.9 Å². The first-order valence-electron chi connectivity index (χ1n) is 16.6. The van der Waals surface area contributed by atoms with Gasteiger partial charge in [-0.1, -0.05) is 31.7 Å². The Labute approximate surface area is 294 Å². The summed E-state index contributed by atoms with van der Waals surface area (Å²) in [6.07, 6.45) is -3.50. The maximum atomic E-state index is 13.8. The van der Waals surface area contributed by atoms with Gasteiger partial charge in [-0.3, -0.25) is 19.2 Å². The van der Waals surface area contributed by atoms with Crippen molar-refractivity contribution in [2.75, 3.05) is 44.6 Å². The van der Waals surface area contributed by atoms with Crippen molar-refractivity contribution in [2.45, 2.75) is 76.2 Å². The van der Waals surface area contributed by atoms with Gasteiger partial charge in [0.15, 0.2) is 12.4 Å². The molecule has 1 heterocycles. The van der Waals surface area contributed by atoms with Crippen LogP contribution < -0.4 is 20.7 Å². The van der Waals surface area contributed by atoms with E-state index >= 15 is 0 Å². The van der Waals surface area contributed by atoms with E-state index in [1.54, 1.807) is 12.1 Å². The van der Waals surface area contributed by atoms with Crippen LogP contribution in [-0.2, 0) is 32.0 Å². The lowest BCUT2D eigenvalue weighted by Crippen LogP contribution is -2.45. The van der Waals surface area contributed by atoms with E-state index in [1.807, 2.05) is 4.90 Å². The maximum Gasteiger partial charge on any atom is 0.458 e. The Morgan fingerprint density at radius 3 is 2.04 bits per heavy atom. The largest absolute Gasteiger partial charge is 0.506 e. The van der Waals surface area contributed by atoms with Gasteiger partial charge in [-0.25, -0.2) is 8.78 Å². The molecule has 2 amide bonds. The first-order chi connectivity index (χ1) is 24.5. The number of amides is 2. The molecule has 0 radical (unpaired) electrons. The van der Waals surface area contributed by atoms with Crippen molar-refractivity contribution in [3.63, 3.8) is 0 Å². The summed E-state index contributed by atoms with van der Waals surface area (Å²) in [4.78, 5) is 46.1. The van der Waals surface area contributed by atoms with Crippen LogP contribution in [0.5, 0.6) is 11.5 Å². The highest BCUT2D eigenvalue weighted by molar-refractivity contribution is 6.41. The molecule has 4 rings (SSSR count). The fourth-order valence-electron chi connectivity index (χ4n) is 5.72. The summed E-state index contributed by atoms with van der Waals surface area (Å²) in [5.41, 5.74) is 1.53. The number of fused-ring (bicyclic) bond motifs is 1. The average Bonchev–Trinajstić information content (AvgIpc) is 3.37. The number of carbonyl (C=O) groups is 4. The molecule has 2 aliphatic rings. The molecule has 18 heteroatoms. The van der Waals surface area contributed by atoms with E-state index in [1.165, 1.54) is 18.9 Å². The van der Waals surface area contributed by atoms with Gasteiger partial charge < -0.3 is 30.7 Å². The fourth-order valence-corrected chi connectivity index (χ4v) is 5.72. The summed E-state index contributed by atoms with van der Waals surface area (Å²) in [5.74, 6) is -7.39. The van der Waals surface area contributed by atoms with Crippen LogP contribution >= 0.6 is 0 Å². The molecule has 0 spiro atoms. The van der Waals surface area contributed by atoms with Crippen molar-refractivity contribution in [2.24, 2.45) is 0 Å². The molecule has 4 N–H and O–H groups in total. The van der Waals surface area contributed by atoms with Gasteiger partial charge in [-0.2, -0.15) is 26.3 Å². The lowest BCUT2D eigenvalue weighted by Gasteiger charge is -2.32. The van der Waals surface area contributed by atoms with Crippen molar-refractivity contribution >= 4 is 29.1 Å². The molecule has 0 aromatic heterocycles. The van der Waals surface area contributed by atoms with Crippen LogP contribution in [-0.4, -0.2) is 91.1 Å². The minimum atomic E-state index is -5.77. The van der Waals surface area contributed by atoms with Crippen molar-refractivity contribution < 1.29 is 64.1 Å². The van der Waals surface area contributed by atoms with Gasteiger partial charge in [0, 0.05) is 32.1 Å². The molecule has 2 aromatic rings. The Morgan fingerprint density at radius 1 is 0.827 bits per heavy atom. The first-order valence-corrected chi connectivity index (χ1v) is 16.6. The van der Waals surface area contributed by atoms with Crippen molar-refractivity contribution in [3.8, 4) is 11.5 Å². The van der Waals surface area contributed by atoms with E-state index in [0.717, 1.165) is 43.4 Å². The third kappa shape index (κ3) is 13.0. The predicted octanol–water partition coefficient (Wildman–Crippen LogP) is 5.16. The summed E-state index contributed by atoms with van der Waals surface area (Å²) in [5, 5.41) is 19.3. The molecule has 1 aliphatic heterocycles. The molecular weight excluding hydrogens is 712 g/mol. The highest BCUT2D eigenvalue weighted by Gasteiger charge is 2.54. The number of rotatable bonds is 14. The van der Waals surface area contributed by atoms with Crippen LogP contribution in [0.25, 0.3) is 0 Å². The quantitative estimate of drug-likeness (QED) is 0.0684. The van der Waals surface area contributed by atoms with Gasteiger partial charge in [0.1, 0.15) is 23.1 Å². The van der Waals surface area contributed by atoms with E-state index in [2.05, 4.69) is 16.0 Å². The summed E-state index contributed by atoms with van der Waals surface area (Å²) in [7, 11) is 0. The van der Waals surface area contributed by atoms with Gasteiger partial charge in [0.2, 0.25) is 5.91 Å². The number of ketones is 2. The number of anilines is 1. The SMILES string of the molecule is O=C(C(=O)C(F)(F)F)C(F)(F)F.O=C1COc2c(CCNCCN(C(=O)CCNCCc3cc(F)ccc3F)C3CCCCCC3)ccc(O)c2N1. The van der Waals surface area contributed by atoms with Gasteiger partial charge in [0.25, 0.3) is 5.91 Å². The highest BCUT2D eigenvalue weighted by Crippen LogP contribution is 2.39. The standard InChI is InChI=1S/C30H40F2N4O4.C4F6O2/c31-23-8-9-25(32)22(19-23)12-15-33-16-13-28(39)36(24-5-3-1-2-4-6-24)18-17-34-14-11-21-7-10-26(37)29-30(21)40-20-27(38)35-29;5-3(6,7)1(11)2(12)4(8,9)10/h7-10,19,24,33-34,37H,1-6,11-18,20H2,(H,35,38);. The number of carbonyl (C=O) groups excluding carboxylic acids is 4. The smallest absolute Gasteiger partial charge is 0.458 e. The van der Waals surface area contributed by atoms with Gasteiger partial charge in [-0.05, 0) is 74.2 Å². The molecule has 1 saturated carbocycles. The monoisotopic (exact) mass is 752 g/mol. The molecule has 10 nitrogen and oxygen atoms in total. The molecule has 0 unspecified atom stereocenters. The van der Waals surface area contributed by atoms with Gasteiger partial charge in [-0.15, -0.1) is 0 Å². The Morgan fingerprint density at radius 2 is 1.42 bits per heavy atom. The molecule has 1 fully saturated rings. The second-order valence-corrected chi connectivity index (χ2v) is 12.2. The highest BCUT2D eigenvalue weighted by atomic mass is 19.4. The molecular formula is C34H40F8N4O6. The molecule has 0 atom stereocenters. The summed E-state index contributed by atoms with van der Waals surface area (Å²) >= 11 is 0. The number of nitrogens with one attached hydrogen (secondary N) is 3. The molecule has 288 valence electrons. The van der Waals surface area contributed by atoms with E-state index in [4.69, 9.17) is 4.74 Å². The number of phenolic OH excluding ortho intramolecular Hbond substituents is 1. The lowest BCUT2D eigenvalue weighted by molar-refractivity contribution is -0.193. The lowest BCUT2D eigenvalue weighted by atomic mass is 10.1. The van der Waals surface area contributed by atoms with Crippen LogP contribution in [0, 0.1) is 11.6 Å². The van der Waals surface area contributed by atoms with Crippen molar-refractivity contribution in [1.29, 1.82) is 0 Å². The number of aromatic hydroxyl groups is 1. The Bertz CT molecular complexity index is 1520. The number of Topliss-reactive ketones (excluding diaryl/α,β-unsaturated/α-hetero) is 2. The van der Waals surface area contributed by atoms with Gasteiger partial charge in [0.05, 0.1) is 0 Å². The number of benzene rings is 2. The Hall–Kier alpha value is -4.32. The zero-order valence-corrected chi connectivity index (χ0v) is 28.0. The minimum Gasteiger partial charge on any atom is -0.506 e. The second kappa shape index (κ2) is 19.5. The number of ether oxygens (including phenoxy) is 1. The molecule has 0 saturated heterocycles. The molecule has 2 aromatic carbocycles. The topological polar surface area (TPSA) is 137 Å². The van der Waals surface area contributed by atoms with Crippen LogP contribution in [0.1, 0.15) is 56.1 Å². The third-order valence-corrected chi connectivity index (χ3v) is 8.33. The number of phenols is 1. The van der Waals surface area contributed by atoms with Crippen molar-refractivity contribution in [3.05, 3.63) is 53.1 Å². The van der Waals surface area contributed by atoms with Crippen LogP contribution in [0.3, 0.4) is 0 Å². The van der Waals surface area contributed by atoms with E-state index < -0.39 is 35.6 Å². The van der Waals surface area contributed by atoms with Crippen molar-refractivity contribution in [1.82, 2.24) is 15.5 Å². The summed E-state index contributed by atoms with van der Waals surface area (Å²) < 4.78 is 99.7. The maximum absolute atomic E-state index is 13.8. The Kier molecular flexibility index (Phi) is 15.8. The molecule has 52 heavy (non-hydrogen) atoms. The zero-order valence-electron chi connectivity index (χ0n) is 28.0. The number of nitrogens with zero attached hydrogens (tertiary/aromatic N) is 1. The van der Waals surface area contributed by atoms with E-state index in [0.29, 0.717) is 69.0 Å². The number of hydrogen-bond donors (Lipinski definition) is 4. The molecule has 0 bridgehead atoms. The normalized spacial score (nSPS) is 15.0. The van der Waals surface area contributed by atoms with Crippen LogP contribution in [0.15, 0.2) is 30.3 Å². The van der Waals surface area contributed by atoms with Crippen LogP contribution in [0.4, 0.5) is 40.8 Å². The molecule has 1 aliphatic carbocycles. The average molecular weight is 753 g/mol. The third-order valence-electron chi connectivity index (χ3n) is 8.33. The fraction of sp³-hybridized carbons (Fsp3) is 0.529. The number of halogens is 8. The van der Waals surface area contributed by atoms with E-state index in [9.17, 15) is 59.4 Å². The van der Waals surface area contributed by atoms with E-state index in [-0.39, 0.29) is 30.2 Å². The number of hydrogen-bond acceptors (Lipinski definition) is 8.